The smallest absolute Gasteiger partial charge is 0.222 e. The molecule has 0 aromatic carbocycles. The maximum absolute atomic E-state index is 12.2. The second-order valence-corrected chi connectivity index (χ2v) is 6.04. The molecule has 1 aromatic rings. The summed E-state index contributed by atoms with van der Waals surface area (Å²) in [6.45, 7) is 3.40. The van der Waals surface area contributed by atoms with Gasteiger partial charge in [0.25, 0.3) is 0 Å². The first-order valence-corrected chi connectivity index (χ1v) is 7.86. The van der Waals surface area contributed by atoms with Gasteiger partial charge in [0.15, 0.2) is 5.82 Å². The van der Waals surface area contributed by atoms with E-state index in [1.807, 2.05) is 4.90 Å². The zero-order valence-corrected chi connectivity index (χ0v) is 11.9. The van der Waals surface area contributed by atoms with Crippen LogP contribution in [-0.2, 0) is 4.79 Å². The Bertz CT molecular complexity index is 408. The molecule has 0 atom stereocenters. The summed E-state index contributed by atoms with van der Waals surface area (Å²) in [4.78, 5) is 16.5. The minimum absolute atomic E-state index is 0.350. The van der Waals surface area contributed by atoms with E-state index in [1.165, 1.54) is 37.4 Å². The summed E-state index contributed by atoms with van der Waals surface area (Å²) in [6, 6.07) is 0. The predicted molar refractivity (Wildman–Crippen MR) is 75.3 cm³/mol. The van der Waals surface area contributed by atoms with Crippen LogP contribution in [0.1, 0.15) is 32.1 Å². The molecule has 0 spiro atoms. The number of amides is 1. The molecule has 0 bridgehead atoms. The van der Waals surface area contributed by atoms with Crippen molar-refractivity contribution in [2.75, 3.05) is 31.1 Å². The quantitative estimate of drug-likeness (QED) is 0.846. The van der Waals surface area contributed by atoms with Gasteiger partial charge in [-0.1, -0.05) is 12.8 Å². The Hall–Kier alpha value is -1.17. The van der Waals surface area contributed by atoms with Crippen molar-refractivity contribution in [1.82, 2.24) is 13.6 Å². The number of piperazine rings is 1. The maximum atomic E-state index is 12.2. The molecule has 1 aromatic heterocycles. The fourth-order valence-corrected chi connectivity index (χ4v) is 3.51. The summed E-state index contributed by atoms with van der Waals surface area (Å²) >= 11 is 1.24. The number of anilines is 1. The minimum atomic E-state index is 0.350. The van der Waals surface area contributed by atoms with Crippen LogP contribution in [0.15, 0.2) is 6.20 Å². The highest BCUT2D eigenvalue weighted by Gasteiger charge is 2.25. The number of aromatic nitrogens is 2. The van der Waals surface area contributed by atoms with Gasteiger partial charge in [0.05, 0.1) is 17.9 Å². The van der Waals surface area contributed by atoms with Gasteiger partial charge in [-0.25, -0.2) is 0 Å². The van der Waals surface area contributed by atoms with Gasteiger partial charge in [0.2, 0.25) is 5.91 Å². The van der Waals surface area contributed by atoms with Crippen LogP contribution in [0.3, 0.4) is 0 Å². The Labute approximate surface area is 117 Å². The van der Waals surface area contributed by atoms with Crippen molar-refractivity contribution in [2.45, 2.75) is 32.1 Å². The third-order valence-electron chi connectivity index (χ3n) is 4.24. The Morgan fingerprint density at radius 2 is 2.00 bits per heavy atom. The lowest BCUT2D eigenvalue weighted by Crippen LogP contribution is -2.49. The van der Waals surface area contributed by atoms with Crippen LogP contribution in [0.4, 0.5) is 5.82 Å². The molecule has 1 saturated carbocycles. The van der Waals surface area contributed by atoms with E-state index in [9.17, 15) is 4.79 Å². The molecular weight excluding hydrogens is 260 g/mol. The molecular formula is C13H20N4OS. The highest BCUT2D eigenvalue weighted by molar-refractivity contribution is 6.99. The van der Waals surface area contributed by atoms with Crippen LogP contribution in [0.2, 0.25) is 0 Å². The van der Waals surface area contributed by atoms with E-state index >= 15 is 0 Å². The zero-order chi connectivity index (χ0) is 13.1. The second-order valence-electron chi connectivity index (χ2n) is 5.49. The van der Waals surface area contributed by atoms with E-state index in [2.05, 4.69) is 13.6 Å². The predicted octanol–water partition coefficient (Wildman–Crippen LogP) is 1.77. The first-order chi connectivity index (χ1) is 9.33. The lowest BCUT2D eigenvalue weighted by molar-refractivity contribution is -0.132. The first-order valence-electron chi connectivity index (χ1n) is 7.13. The van der Waals surface area contributed by atoms with E-state index in [1.54, 1.807) is 6.20 Å². The maximum Gasteiger partial charge on any atom is 0.222 e. The fourth-order valence-electron chi connectivity index (χ4n) is 3.07. The summed E-state index contributed by atoms with van der Waals surface area (Å²) in [7, 11) is 0. The van der Waals surface area contributed by atoms with Crippen LogP contribution in [0.25, 0.3) is 0 Å². The molecule has 1 aliphatic heterocycles. The largest absolute Gasteiger partial charge is 0.351 e. The molecule has 0 N–H and O–H groups in total. The van der Waals surface area contributed by atoms with Crippen LogP contribution < -0.4 is 4.90 Å². The zero-order valence-electron chi connectivity index (χ0n) is 11.1. The average Bonchev–Trinajstić information content (AvgIpc) is 3.12. The van der Waals surface area contributed by atoms with E-state index in [-0.39, 0.29) is 0 Å². The van der Waals surface area contributed by atoms with Crippen molar-refractivity contribution in [1.29, 1.82) is 0 Å². The van der Waals surface area contributed by atoms with Crippen molar-refractivity contribution < 1.29 is 4.79 Å². The van der Waals surface area contributed by atoms with Gasteiger partial charge in [-0.3, -0.25) is 4.79 Å². The summed E-state index contributed by atoms with van der Waals surface area (Å²) < 4.78 is 8.27. The van der Waals surface area contributed by atoms with Crippen molar-refractivity contribution in [3.63, 3.8) is 0 Å². The molecule has 5 nitrogen and oxygen atoms in total. The number of nitrogens with zero attached hydrogens (tertiary/aromatic N) is 4. The molecule has 104 valence electrons. The molecule has 2 aliphatic rings. The van der Waals surface area contributed by atoms with Crippen molar-refractivity contribution in [3.8, 4) is 0 Å². The standard InChI is InChI=1S/C13H20N4OS/c18-13(9-11-3-1-2-4-11)17-7-5-16(6-8-17)12-10-14-19-15-12/h10-11H,1-9H2. The molecule has 0 radical (unpaired) electrons. The normalized spacial score (nSPS) is 21.1. The number of hydrogen-bond donors (Lipinski definition) is 0. The van der Waals surface area contributed by atoms with E-state index in [0.717, 1.165) is 38.4 Å². The van der Waals surface area contributed by atoms with E-state index in [4.69, 9.17) is 0 Å². The third-order valence-corrected chi connectivity index (χ3v) is 4.71. The van der Waals surface area contributed by atoms with Crippen molar-refractivity contribution >= 4 is 23.5 Å². The van der Waals surface area contributed by atoms with Crippen molar-refractivity contribution in [3.05, 3.63) is 6.20 Å². The lowest BCUT2D eigenvalue weighted by Gasteiger charge is -2.35. The summed E-state index contributed by atoms with van der Waals surface area (Å²) in [5, 5.41) is 0. The summed E-state index contributed by atoms with van der Waals surface area (Å²) in [6.07, 6.45) is 7.68. The second kappa shape index (κ2) is 5.86. The van der Waals surface area contributed by atoms with Gasteiger partial charge in [-0.05, 0) is 18.8 Å². The van der Waals surface area contributed by atoms with Crippen LogP contribution >= 0.6 is 11.7 Å². The molecule has 3 rings (SSSR count). The topological polar surface area (TPSA) is 49.3 Å². The van der Waals surface area contributed by atoms with Gasteiger partial charge >= 0.3 is 0 Å². The Morgan fingerprint density at radius 3 is 2.63 bits per heavy atom. The Morgan fingerprint density at radius 1 is 1.26 bits per heavy atom. The van der Waals surface area contributed by atoms with Gasteiger partial charge < -0.3 is 9.80 Å². The third kappa shape index (κ3) is 3.05. The van der Waals surface area contributed by atoms with Gasteiger partial charge in [0.1, 0.15) is 0 Å². The number of hydrogen-bond acceptors (Lipinski definition) is 5. The molecule has 2 fully saturated rings. The highest BCUT2D eigenvalue weighted by atomic mass is 32.1. The fraction of sp³-hybridized carbons (Fsp3) is 0.769. The van der Waals surface area contributed by atoms with Gasteiger partial charge in [-0.15, -0.1) is 0 Å². The highest BCUT2D eigenvalue weighted by Crippen LogP contribution is 2.28. The molecule has 1 saturated heterocycles. The molecule has 1 aliphatic carbocycles. The van der Waals surface area contributed by atoms with Crippen LogP contribution in [0.5, 0.6) is 0 Å². The number of rotatable bonds is 3. The van der Waals surface area contributed by atoms with Crippen LogP contribution in [0, 0.1) is 5.92 Å². The van der Waals surface area contributed by atoms with Gasteiger partial charge in [0, 0.05) is 32.6 Å². The van der Waals surface area contributed by atoms with E-state index < -0.39 is 0 Å². The van der Waals surface area contributed by atoms with Crippen LogP contribution in [-0.4, -0.2) is 45.7 Å². The summed E-state index contributed by atoms with van der Waals surface area (Å²) in [5.74, 6) is 1.95. The van der Waals surface area contributed by atoms with Crippen molar-refractivity contribution in [2.24, 2.45) is 5.92 Å². The summed E-state index contributed by atoms with van der Waals surface area (Å²) in [5.41, 5.74) is 0. The molecule has 2 heterocycles. The SMILES string of the molecule is O=C(CC1CCCC1)N1CCN(c2cnsn2)CC1. The Kier molecular flexibility index (Phi) is 3.96. The Balaban J connectivity index is 1.48. The molecule has 1 amide bonds. The average molecular weight is 280 g/mol. The first kappa shape index (κ1) is 12.8. The minimum Gasteiger partial charge on any atom is -0.351 e. The number of carbonyl (C=O) groups is 1. The molecule has 0 unspecified atom stereocenters. The monoisotopic (exact) mass is 280 g/mol. The molecule has 6 heteroatoms. The lowest BCUT2D eigenvalue weighted by atomic mass is 10.0. The van der Waals surface area contributed by atoms with Gasteiger partial charge in [-0.2, -0.15) is 8.75 Å². The van der Waals surface area contributed by atoms with E-state index in [0.29, 0.717) is 11.8 Å². The molecule has 19 heavy (non-hydrogen) atoms. The number of carbonyl (C=O) groups excluding carboxylic acids is 1.